The van der Waals surface area contributed by atoms with Crippen LogP contribution in [0.3, 0.4) is 0 Å². The minimum absolute atomic E-state index is 0. The third-order valence-corrected chi connectivity index (χ3v) is 1.08. The van der Waals surface area contributed by atoms with E-state index in [2.05, 4.69) is 4.74 Å². The van der Waals surface area contributed by atoms with Gasteiger partial charge < -0.3 is 9.84 Å². The zero-order chi connectivity index (χ0) is 7.98. The minimum atomic E-state index is -0.364. The molecule has 0 saturated carbocycles. The van der Waals surface area contributed by atoms with Crippen LogP contribution in [0.5, 0.6) is 0 Å². The zero-order valence-corrected chi connectivity index (χ0v) is 10.6. The molecule has 0 aliphatic rings. The molecule has 0 atom stereocenters. The number of hydrogen-bond donors (Lipinski definition) is 1. The fourth-order valence-electron chi connectivity index (χ4n) is 0.370. The van der Waals surface area contributed by atoms with E-state index in [9.17, 15) is 4.79 Å². The number of allylic oxidation sites excluding steroid dienone is 1. The Labute approximate surface area is 85.9 Å². The molecule has 0 spiro atoms. The van der Waals surface area contributed by atoms with Crippen LogP contribution in [0.15, 0.2) is 11.6 Å². The molecule has 1 N–H and O–H groups in total. The van der Waals surface area contributed by atoms with Gasteiger partial charge >= 0.3 is 32.5 Å². The van der Waals surface area contributed by atoms with Crippen molar-refractivity contribution < 1.29 is 14.6 Å². The summed E-state index contributed by atoms with van der Waals surface area (Å²) in [5.74, 6) is -0.364. The second-order valence-electron chi connectivity index (χ2n) is 1.83. The van der Waals surface area contributed by atoms with Crippen LogP contribution in [0.2, 0.25) is 0 Å². The van der Waals surface area contributed by atoms with Gasteiger partial charge in [-0.15, -0.1) is 0 Å². The van der Waals surface area contributed by atoms with Crippen LogP contribution in [0.25, 0.3) is 0 Å². The summed E-state index contributed by atoms with van der Waals surface area (Å²) in [5, 5.41) is 8.27. The molecule has 0 rings (SSSR count). The Balaban J connectivity index is 0. The molecule has 11 heavy (non-hydrogen) atoms. The molecule has 66 valence electrons. The fraction of sp³-hybridized carbons (Fsp3) is 0.571. The van der Waals surface area contributed by atoms with Crippen LogP contribution >= 0.6 is 0 Å². The second kappa shape index (κ2) is 8.17. The van der Waals surface area contributed by atoms with Crippen LogP contribution in [0.4, 0.5) is 0 Å². The zero-order valence-electron chi connectivity index (χ0n) is 6.76. The van der Waals surface area contributed by atoms with Crippen LogP contribution in [-0.2, 0) is 9.53 Å². The van der Waals surface area contributed by atoms with Gasteiger partial charge in [0.2, 0.25) is 0 Å². The van der Waals surface area contributed by atoms with Crippen LogP contribution in [-0.4, -0.2) is 50.9 Å². The first kappa shape index (κ1) is 13.6. The van der Waals surface area contributed by atoms with Crippen molar-refractivity contribution in [3.05, 3.63) is 11.6 Å². The molecule has 0 aromatic heterocycles. The van der Waals surface area contributed by atoms with Crippen molar-refractivity contribution in [3.8, 4) is 0 Å². The standard InChI is InChI=1S/C7H12O3.Po.2H/c1-3-6(2)7(9)10-5-4-8;;;/h3,8H,4-5H2,1-2H3;;;. The van der Waals surface area contributed by atoms with E-state index in [0.717, 1.165) is 0 Å². The van der Waals surface area contributed by atoms with Gasteiger partial charge in [-0.2, -0.15) is 0 Å². The molecule has 0 aromatic carbocycles. The monoisotopic (exact) mass is 355 g/mol. The van der Waals surface area contributed by atoms with E-state index < -0.39 is 0 Å². The van der Waals surface area contributed by atoms with Crippen molar-refractivity contribution in [2.45, 2.75) is 13.8 Å². The van der Waals surface area contributed by atoms with Gasteiger partial charge in [-0.3, -0.25) is 0 Å². The molecule has 0 aliphatic carbocycles. The third-order valence-electron chi connectivity index (χ3n) is 1.08. The second-order valence-corrected chi connectivity index (χ2v) is 1.83. The quantitative estimate of drug-likeness (QED) is 0.552. The molecule has 0 radical (unpaired) electrons. The van der Waals surface area contributed by atoms with Gasteiger partial charge in [-0.25, -0.2) is 4.79 Å². The van der Waals surface area contributed by atoms with Crippen LogP contribution in [0.1, 0.15) is 13.8 Å². The summed E-state index contributed by atoms with van der Waals surface area (Å²) in [6.07, 6.45) is 1.67. The molecular weight excluding hydrogens is 341 g/mol. The number of aliphatic hydroxyl groups is 1. The topological polar surface area (TPSA) is 46.5 Å². The molecule has 0 heterocycles. The summed E-state index contributed by atoms with van der Waals surface area (Å²) in [4.78, 5) is 10.7. The molecular formula is C7H14O3Po. The summed E-state index contributed by atoms with van der Waals surface area (Å²) in [6, 6.07) is 0. The number of esters is 1. The van der Waals surface area contributed by atoms with E-state index in [1.54, 1.807) is 19.9 Å². The van der Waals surface area contributed by atoms with E-state index >= 15 is 0 Å². The summed E-state index contributed by atoms with van der Waals surface area (Å²) in [6.45, 7) is 3.38. The van der Waals surface area contributed by atoms with Gasteiger partial charge in [0.25, 0.3) is 0 Å². The van der Waals surface area contributed by atoms with Crippen molar-refractivity contribution in [2.75, 3.05) is 13.2 Å². The van der Waals surface area contributed by atoms with Crippen molar-refractivity contribution in [3.63, 3.8) is 0 Å². The Morgan fingerprint density at radius 1 is 1.64 bits per heavy atom. The van der Waals surface area contributed by atoms with Crippen LogP contribution in [0, 0.1) is 0 Å². The first-order chi connectivity index (χ1) is 4.72. The number of carbonyl (C=O) groups is 1. The van der Waals surface area contributed by atoms with E-state index in [1.165, 1.54) is 0 Å². The predicted molar refractivity (Wildman–Crippen MR) is 46.0 cm³/mol. The first-order valence-electron chi connectivity index (χ1n) is 3.13. The van der Waals surface area contributed by atoms with Gasteiger partial charge in [0.15, 0.2) is 0 Å². The summed E-state index contributed by atoms with van der Waals surface area (Å²) < 4.78 is 4.59. The Bertz CT molecular complexity index is 143. The SMILES string of the molecule is CC=C(C)C(=O)OCCO.[PoH2]. The van der Waals surface area contributed by atoms with Crippen molar-refractivity contribution in [2.24, 2.45) is 0 Å². The van der Waals surface area contributed by atoms with E-state index in [0.29, 0.717) is 5.57 Å². The molecule has 0 aromatic rings. The molecule has 0 fully saturated rings. The van der Waals surface area contributed by atoms with Crippen molar-refractivity contribution >= 4 is 32.5 Å². The molecule has 0 unspecified atom stereocenters. The molecule has 0 aliphatic heterocycles. The average molecular weight is 355 g/mol. The fourth-order valence-corrected chi connectivity index (χ4v) is 0.370. The Morgan fingerprint density at radius 2 is 2.18 bits per heavy atom. The van der Waals surface area contributed by atoms with Gasteiger partial charge in [-0.1, -0.05) is 6.08 Å². The van der Waals surface area contributed by atoms with E-state index in [1.807, 2.05) is 0 Å². The number of aliphatic hydroxyl groups excluding tert-OH is 1. The number of carbonyl (C=O) groups excluding carboxylic acids is 1. The molecule has 0 bridgehead atoms. The summed E-state index contributed by atoms with van der Waals surface area (Å²) in [5.41, 5.74) is 0.563. The summed E-state index contributed by atoms with van der Waals surface area (Å²) in [7, 11) is 0. The number of rotatable bonds is 3. The Morgan fingerprint density at radius 3 is 2.55 bits per heavy atom. The Kier molecular flexibility index (Phi) is 10.1. The van der Waals surface area contributed by atoms with E-state index in [4.69, 9.17) is 5.11 Å². The third kappa shape index (κ3) is 6.46. The predicted octanol–water partition coefficient (Wildman–Crippen LogP) is -0.428. The normalized spacial score (nSPS) is 10.3. The van der Waals surface area contributed by atoms with E-state index in [-0.39, 0.29) is 45.7 Å². The molecule has 0 amide bonds. The van der Waals surface area contributed by atoms with Gasteiger partial charge in [0.05, 0.1) is 6.61 Å². The van der Waals surface area contributed by atoms with Crippen molar-refractivity contribution in [1.29, 1.82) is 0 Å². The van der Waals surface area contributed by atoms with Crippen LogP contribution < -0.4 is 0 Å². The average Bonchev–Trinajstić information content (AvgIpc) is 1.98. The first-order valence-corrected chi connectivity index (χ1v) is 3.13. The van der Waals surface area contributed by atoms with Gasteiger partial charge in [0, 0.05) is 5.57 Å². The maximum atomic E-state index is 10.7. The van der Waals surface area contributed by atoms with Gasteiger partial charge in [0.1, 0.15) is 6.61 Å². The Hall–Kier alpha value is 0.0661. The number of hydrogen-bond acceptors (Lipinski definition) is 3. The van der Waals surface area contributed by atoms with Crippen molar-refractivity contribution in [1.82, 2.24) is 0 Å². The maximum absolute atomic E-state index is 10.7. The van der Waals surface area contributed by atoms with Gasteiger partial charge in [-0.05, 0) is 13.8 Å². The number of ether oxygens (including phenoxy) is 1. The molecule has 0 saturated heterocycles. The summed E-state index contributed by atoms with van der Waals surface area (Å²) >= 11 is 0. The molecule has 4 heteroatoms. The molecule has 3 nitrogen and oxygen atoms in total.